The van der Waals surface area contributed by atoms with Gasteiger partial charge in [0, 0.05) is 13.1 Å². The minimum absolute atomic E-state index is 0.155. The maximum atomic E-state index is 12.1. The fraction of sp³-hybridized carbons (Fsp3) is 0.769. The van der Waals surface area contributed by atoms with Gasteiger partial charge in [-0.15, -0.1) is 0 Å². The fourth-order valence-electron chi connectivity index (χ4n) is 1.89. The average molecular weight is 301 g/mol. The van der Waals surface area contributed by atoms with E-state index >= 15 is 0 Å². The summed E-state index contributed by atoms with van der Waals surface area (Å²) in [6.45, 7) is 5.05. The van der Waals surface area contributed by atoms with Crippen molar-refractivity contribution >= 4 is 17.9 Å². The van der Waals surface area contributed by atoms with Gasteiger partial charge >= 0.3 is 12.0 Å². The topological polar surface area (TPSA) is 97.0 Å². The number of amides is 3. The molecule has 1 aliphatic rings. The molecule has 21 heavy (non-hydrogen) atoms. The fourth-order valence-corrected chi connectivity index (χ4v) is 1.89. The zero-order valence-electron chi connectivity index (χ0n) is 12.5. The van der Waals surface area contributed by atoms with Crippen LogP contribution in [0.25, 0.3) is 0 Å². The summed E-state index contributed by atoms with van der Waals surface area (Å²) < 4.78 is 9.98. The maximum absolute atomic E-state index is 12.1. The Balaban J connectivity index is 2.53. The predicted molar refractivity (Wildman–Crippen MR) is 74.6 cm³/mol. The first-order chi connectivity index (χ1) is 10.1. The van der Waals surface area contributed by atoms with Crippen LogP contribution < -0.4 is 10.6 Å². The number of nitrogens with zero attached hydrogens (tertiary/aromatic N) is 1. The van der Waals surface area contributed by atoms with Crippen LogP contribution in [0.3, 0.4) is 0 Å². The van der Waals surface area contributed by atoms with Gasteiger partial charge in [0.15, 0.2) is 0 Å². The lowest BCUT2D eigenvalue weighted by molar-refractivity contribution is -0.141. The lowest BCUT2D eigenvalue weighted by atomic mass is 10.2. The highest BCUT2D eigenvalue weighted by molar-refractivity contribution is 5.88. The second kappa shape index (κ2) is 9.17. The van der Waals surface area contributed by atoms with E-state index < -0.39 is 18.0 Å². The van der Waals surface area contributed by atoms with Crippen molar-refractivity contribution in [3.8, 4) is 0 Å². The van der Waals surface area contributed by atoms with Crippen molar-refractivity contribution in [3.05, 3.63) is 0 Å². The minimum Gasteiger partial charge on any atom is -0.465 e. The molecule has 1 rings (SSSR count). The molecule has 0 saturated carbocycles. The number of morpholine rings is 1. The highest BCUT2D eigenvalue weighted by atomic mass is 16.5. The number of ether oxygens (including phenoxy) is 2. The Bertz CT molecular complexity index is 375. The minimum atomic E-state index is -0.674. The zero-order chi connectivity index (χ0) is 15.7. The van der Waals surface area contributed by atoms with E-state index in [4.69, 9.17) is 9.47 Å². The van der Waals surface area contributed by atoms with Crippen LogP contribution in [0, 0.1) is 0 Å². The van der Waals surface area contributed by atoms with Gasteiger partial charge in [-0.2, -0.15) is 0 Å². The van der Waals surface area contributed by atoms with Crippen molar-refractivity contribution in [1.29, 1.82) is 0 Å². The number of hydrogen-bond donors (Lipinski definition) is 2. The van der Waals surface area contributed by atoms with Crippen LogP contribution in [0.2, 0.25) is 0 Å². The van der Waals surface area contributed by atoms with Gasteiger partial charge in [0.1, 0.15) is 12.6 Å². The lowest BCUT2D eigenvalue weighted by Gasteiger charge is -2.34. The third-order valence-corrected chi connectivity index (χ3v) is 2.93. The summed E-state index contributed by atoms with van der Waals surface area (Å²) in [6, 6.07) is -1.14. The summed E-state index contributed by atoms with van der Waals surface area (Å²) in [5, 5.41) is 5.19. The van der Waals surface area contributed by atoms with Gasteiger partial charge < -0.3 is 25.0 Å². The second-order valence-electron chi connectivity index (χ2n) is 4.54. The Morgan fingerprint density at radius 3 is 2.71 bits per heavy atom. The first kappa shape index (κ1) is 17.2. The summed E-state index contributed by atoms with van der Waals surface area (Å²) in [6.07, 6.45) is 0.814. The molecule has 0 spiro atoms. The normalized spacial score (nSPS) is 18.0. The van der Waals surface area contributed by atoms with Crippen LogP contribution in [0.1, 0.15) is 20.3 Å². The summed E-state index contributed by atoms with van der Waals surface area (Å²) in [5.74, 6) is -0.756. The van der Waals surface area contributed by atoms with Crippen molar-refractivity contribution in [2.45, 2.75) is 26.3 Å². The van der Waals surface area contributed by atoms with Gasteiger partial charge in [0.2, 0.25) is 5.91 Å². The van der Waals surface area contributed by atoms with Crippen LogP contribution in [0.5, 0.6) is 0 Å². The molecule has 0 aromatic rings. The summed E-state index contributed by atoms with van der Waals surface area (Å²) in [4.78, 5) is 36.7. The van der Waals surface area contributed by atoms with E-state index in [9.17, 15) is 14.4 Å². The SMILES string of the molecule is CCCNC(=O)C1COCCN1C(=O)NCC(=O)OCC. The molecule has 1 saturated heterocycles. The third-order valence-electron chi connectivity index (χ3n) is 2.93. The molecule has 0 aliphatic carbocycles. The van der Waals surface area contributed by atoms with Crippen LogP contribution in [0.4, 0.5) is 4.79 Å². The summed E-state index contributed by atoms with van der Waals surface area (Å²) in [5.41, 5.74) is 0. The molecule has 2 N–H and O–H groups in total. The smallest absolute Gasteiger partial charge is 0.325 e. The average Bonchev–Trinajstić information content (AvgIpc) is 2.50. The van der Waals surface area contributed by atoms with E-state index in [1.54, 1.807) is 6.92 Å². The Kier molecular flexibility index (Phi) is 7.52. The Labute approximate surface area is 124 Å². The number of hydrogen-bond acceptors (Lipinski definition) is 5. The molecule has 0 radical (unpaired) electrons. The van der Waals surface area contributed by atoms with Gasteiger partial charge in [0.25, 0.3) is 0 Å². The summed E-state index contributed by atoms with van der Waals surface area (Å²) >= 11 is 0. The van der Waals surface area contributed by atoms with Crippen LogP contribution in [0.15, 0.2) is 0 Å². The Hall–Kier alpha value is -1.83. The molecule has 8 nitrogen and oxygen atoms in total. The monoisotopic (exact) mass is 301 g/mol. The molecule has 1 heterocycles. The highest BCUT2D eigenvalue weighted by Crippen LogP contribution is 2.07. The van der Waals surface area contributed by atoms with E-state index in [2.05, 4.69) is 10.6 Å². The number of carbonyl (C=O) groups excluding carboxylic acids is 3. The number of esters is 1. The molecule has 1 unspecified atom stereocenters. The number of nitrogens with one attached hydrogen (secondary N) is 2. The van der Waals surface area contributed by atoms with Crippen molar-refractivity contribution in [3.63, 3.8) is 0 Å². The van der Waals surface area contributed by atoms with Crippen molar-refractivity contribution < 1.29 is 23.9 Å². The largest absolute Gasteiger partial charge is 0.465 e. The van der Waals surface area contributed by atoms with E-state index in [-0.39, 0.29) is 25.7 Å². The standard InChI is InChI=1S/C13H23N3O5/c1-3-5-14-12(18)10-9-20-7-6-16(10)13(19)15-8-11(17)21-4-2/h10H,3-9H2,1-2H3,(H,14,18)(H,15,19). The van der Waals surface area contributed by atoms with E-state index in [0.29, 0.717) is 19.7 Å². The number of rotatable bonds is 6. The van der Waals surface area contributed by atoms with Crippen LogP contribution in [-0.2, 0) is 19.1 Å². The van der Waals surface area contributed by atoms with Gasteiger partial charge in [-0.25, -0.2) is 4.79 Å². The van der Waals surface area contributed by atoms with Gasteiger partial charge in [0.05, 0.1) is 19.8 Å². The molecule has 3 amide bonds. The number of carbonyl (C=O) groups is 3. The molecular weight excluding hydrogens is 278 g/mol. The quantitative estimate of drug-likeness (QED) is 0.644. The molecule has 0 aromatic heterocycles. The second-order valence-corrected chi connectivity index (χ2v) is 4.54. The Morgan fingerprint density at radius 1 is 1.29 bits per heavy atom. The predicted octanol–water partition coefficient (Wildman–Crippen LogP) is -0.514. The van der Waals surface area contributed by atoms with Gasteiger partial charge in [-0.1, -0.05) is 6.92 Å². The summed E-state index contributed by atoms with van der Waals surface area (Å²) in [7, 11) is 0. The molecular formula is C13H23N3O5. The van der Waals surface area contributed by atoms with Crippen molar-refractivity contribution in [2.75, 3.05) is 39.5 Å². The van der Waals surface area contributed by atoms with Crippen LogP contribution in [-0.4, -0.2) is 68.3 Å². The maximum Gasteiger partial charge on any atom is 0.325 e. The molecule has 0 bridgehead atoms. The Morgan fingerprint density at radius 2 is 2.05 bits per heavy atom. The first-order valence-corrected chi connectivity index (χ1v) is 7.15. The zero-order valence-corrected chi connectivity index (χ0v) is 12.5. The molecule has 1 fully saturated rings. The van der Waals surface area contributed by atoms with Crippen molar-refractivity contribution in [2.24, 2.45) is 0 Å². The molecule has 1 aliphatic heterocycles. The lowest BCUT2D eigenvalue weighted by Crippen LogP contribution is -2.58. The number of urea groups is 1. The molecule has 120 valence electrons. The highest BCUT2D eigenvalue weighted by Gasteiger charge is 2.32. The van der Waals surface area contributed by atoms with E-state index in [1.165, 1.54) is 4.90 Å². The van der Waals surface area contributed by atoms with Crippen LogP contribution >= 0.6 is 0 Å². The van der Waals surface area contributed by atoms with E-state index in [0.717, 1.165) is 6.42 Å². The first-order valence-electron chi connectivity index (χ1n) is 7.15. The van der Waals surface area contributed by atoms with Crippen molar-refractivity contribution in [1.82, 2.24) is 15.5 Å². The van der Waals surface area contributed by atoms with Gasteiger partial charge in [-0.3, -0.25) is 9.59 Å². The third kappa shape index (κ3) is 5.58. The molecule has 1 atom stereocenters. The van der Waals surface area contributed by atoms with Gasteiger partial charge in [-0.05, 0) is 13.3 Å². The van der Waals surface area contributed by atoms with E-state index in [1.807, 2.05) is 6.92 Å². The molecule has 0 aromatic carbocycles. The molecule has 8 heteroatoms.